The van der Waals surface area contributed by atoms with Crippen LogP contribution < -0.4 is 9.64 Å². The number of hydrogen-bond acceptors (Lipinski definition) is 3. The summed E-state index contributed by atoms with van der Waals surface area (Å²) in [6.45, 7) is 12.9. The molecule has 224 valence electrons. The zero-order chi connectivity index (χ0) is 27.6. The molecule has 1 fully saturated rings. The summed E-state index contributed by atoms with van der Waals surface area (Å²) < 4.78 is 5.95. The smallest absolute Gasteiger partial charge is 0.119 e. The fourth-order valence-electron chi connectivity index (χ4n) is 5.80. The molecule has 0 unspecified atom stereocenters. The van der Waals surface area contributed by atoms with Crippen molar-refractivity contribution < 1.29 is 4.74 Å². The van der Waals surface area contributed by atoms with Crippen LogP contribution in [0, 0.1) is 0 Å². The molecule has 1 aliphatic rings. The number of benzene rings is 1. The van der Waals surface area contributed by atoms with Crippen molar-refractivity contribution in [3.63, 3.8) is 0 Å². The first-order valence-corrected chi connectivity index (χ1v) is 17.1. The molecule has 3 heteroatoms. The lowest BCUT2D eigenvalue weighted by Gasteiger charge is -2.36. The molecule has 1 aromatic carbocycles. The maximum atomic E-state index is 5.95. The summed E-state index contributed by atoms with van der Waals surface area (Å²) in [4.78, 5) is 5.21. The van der Waals surface area contributed by atoms with Gasteiger partial charge in [0, 0.05) is 31.9 Å². The average Bonchev–Trinajstić information content (AvgIpc) is 2.97. The van der Waals surface area contributed by atoms with Crippen LogP contribution in [-0.2, 0) is 0 Å². The molecule has 2 rings (SSSR count). The van der Waals surface area contributed by atoms with Gasteiger partial charge in [0.05, 0.1) is 6.61 Å². The Morgan fingerprint density at radius 3 is 1.64 bits per heavy atom. The molecular formula is C36H64N2O. The van der Waals surface area contributed by atoms with Gasteiger partial charge in [-0.2, -0.15) is 0 Å². The molecule has 39 heavy (non-hydrogen) atoms. The molecule has 0 aromatic heterocycles. The predicted octanol–water partition coefficient (Wildman–Crippen LogP) is 10.6. The molecule has 1 aromatic rings. The van der Waals surface area contributed by atoms with E-state index in [0.717, 1.165) is 38.3 Å². The largest absolute Gasteiger partial charge is 0.494 e. The summed E-state index contributed by atoms with van der Waals surface area (Å²) in [7, 11) is 0. The van der Waals surface area contributed by atoms with E-state index in [9.17, 15) is 0 Å². The molecular weight excluding hydrogens is 476 g/mol. The Balaban J connectivity index is 1.38. The van der Waals surface area contributed by atoms with Gasteiger partial charge in [-0.25, -0.2) is 0 Å². The third kappa shape index (κ3) is 17.7. The Bertz CT molecular complexity index is 665. The van der Waals surface area contributed by atoms with E-state index in [-0.39, 0.29) is 0 Å². The van der Waals surface area contributed by atoms with Crippen molar-refractivity contribution in [1.82, 2.24) is 4.90 Å². The highest BCUT2D eigenvalue weighted by molar-refractivity contribution is 5.49. The van der Waals surface area contributed by atoms with Gasteiger partial charge in [0.25, 0.3) is 0 Å². The van der Waals surface area contributed by atoms with E-state index >= 15 is 0 Å². The lowest BCUT2D eigenvalue weighted by molar-refractivity contribution is 0.252. The van der Waals surface area contributed by atoms with Crippen LogP contribution in [-0.4, -0.2) is 44.2 Å². The zero-order valence-electron chi connectivity index (χ0n) is 26.0. The summed E-state index contributed by atoms with van der Waals surface area (Å²) in [6, 6.07) is 8.78. The number of anilines is 1. The topological polar surface area (TPSA) is 15.7 Å². The van der Waals surface area contributed by atoms with Crippen LogP contribution in [0.3, 0.4) is 0 Å². The summed E-state index contributed by atoms with van der Waals surface area (Å²) in [5.41, 5.74) is 1.34. The van der Waals surface area contributed by atoms with Crippen LogP contribution in [0.5, 0.6) is 5.75 Å². The molecule has 0 spiro atoms. The number of allylic oxidation sites excluding steroid dienone is 1. The first kappa shape index (κ1) is 33.7. The first-order valence-electron chi connectivity index (χ1n) is 17.1. The van der Waals surface area contributed by atoms with Crippen molar-refractivity contribution >= 4 is 5.69 Å². The van der Waals surface area contributed by atoms with E-state index in [4.69, 9.17) is 4.74 Å². The van der Waals surface area contributed by atoms with E-state index in [1.807, 2.05) is 6.08 Å². The van der Waals surface area contributed by atoms with Gasteiger partial charge in [-0.15, -0.1) is 6.58 Å². The fraction of sp³-hybridized carbons (Fsp3) is 0.778. The highest BCUT2D eigenvalue weighted by atomic mass is 16.5. The van der Waals surface area contributed by atoms with Gasteiger partial charge in [0.15, 0.2) is 0 Å². The molecule has 0 aliphatic carbocycles. The van der Waals surface area contributed by atoms with Gasteiger partial charge in [0.2, 0.25) is 0 Å². The van der Waals surface area contributed by atoms with E-state index in [2.05, 4.69) is 47.6 Å². The Morgan fingerprint density at radius 2 is 1.10 bits per heavy atom. The molecule has 0 N–H and O–H groups in total. The highest BCUT2D eigenvalue weighted by Crippen LogP contribution is 2.21. The highest BCUT2D eigenvalue weighted by Gasteiger charge is 2.16. The minimum absolute atomic E-state index is 0.825. The Hall–Kier alpha value is -1.48. The third-order valence-electron chi connectivity index (χ3n) is 8.47. The summed E-state index contributed by atoms with van der Waals surface area (Å²) in [5.74, 6) is 1.01. The fourth-order valence-corrected chi connectivity index (χ4v) is 5.80. The SMILES string of the molecule is C=CCCCCCCOc1ccc(N2CCN(CCCCCCCCCCCCCCCCCC)CC2)cc1. The number of nitrogens with zero attached hydrogens (tertiary/aromatic N) is 2. The second-order valence-electron chi connectivity index (χ2n) is 12.0. The molecule has 1 saturated heterocycles. The average molecular weight is 541 g/mol. The van der Waals surface area contributed by atoms with Gasteiger partial charge in [-0.3, -0.25) is 4.90 Å². The van der Waals surface area contributed by atoms with Gasteiger partial charge < -0.3 is 9.64 Å². The molecule has 0 bridgehead atoms. The summed E-state index contributed by atoms with van der Waals surface area (Å²) in [6.07, 6.45) is 31.2. The monoisotopic (exact) mass is 541 g/mol. The minimum Gasteiger partial charge on any atom is -0.494 e. The number of hydrogen-bond donors (Lipinski definition) is 0. The van der Waals surface area contributed by atoms with Crippen LogP contribution in [0.25, 0.3) is 0 Å². The number of piperazine rings is 1. The van der Waals surface area contributed by atoms with Gasteiger partial charge in [-0.1, -0.05) is 122 Å². The van der Waals surface area contributed by atoms with Crippen molar-refractivity contribution in [2.24, 2.45) is 0 Å². The van der Waals surface area contributed by atoms with E-state index in [1.54, 1.807) is 0 Å². The molecule has 1 heterocycles. The van der Waals surface area contributed by atoms with E-state index < -0.39 is 0 Å². The predicted molar refractivity (Wildman–Crippen MR) is 173 cm³/mol. The maximum absolute atomic E-state index is 5.95. The second kappa shape index (κ2) is 24.3. The standard InChI is InChI=1S/C36H64N2O/c1-3-5-7-9-11-12-13-14-15-16-17-18-19-20-21-23-29-37-30-32-38(33-31-37)35-25-27-36(28-26-35)39-34-24-22-10-8-6-4-2/h4,25-28H,2-3,5-24,29-34H2,1H3. The quantitative estimate of drug-likeness (QED) is 0.0858. The normalized spacial score (nSPS) is 14.1. The number of ether oxygens (including phenoxy) is 1. The molecule has 0 saturated carbocycles. The Morgan fingerprint density at radius 1 is 0.615 bits per heavy atom. The summed E-state index contributed by atoms with van der Waals surface area (Å²) >= 11 is 0. The van der Waals surface area contributed by atoms with Crippen LogP contribution in [0.4, 0.5) is 5.69 Å². The van der Waals surface area contributed by atoms with Crippen molar-refractivity contribution in [2.75, 3.05) is 44.2 Å². The molecule has 0 radical (unpaired) electrons. The summed E-state index contributed by atoms with van der Waals surface area (Å²) in [5, 5.41) is 0. The number of rotatable bonds is 26. The second-order valence-corrected chi connectivity index (χ2v) is 12.0. The van der Waals surface area contributed by atoms with E-state index in [1.165, 1.54) is 147 Å². The molecule has 0 amide bonds. The van der Waals surface area contributed by atoms with Gasteiger partial charge in [-0.05, 0) is 56.5 Å². The van der Waals surface area contributed by atoms with Crippen molar-refractivity contribution in [1.29, 1.82) is 0 Å². The van der Waals surface area contributed by atoms with E-state index in [0.29, 0.717) is 0 Å². The van der Waals surface area contributed by atoms with Crippen LogP contribution >= 0.6 is 0 Å². The van der Waals surface area contributed by atoms with Crippen molar-refractivity contribution in [3.8, 4) is 5.75 Å². The maximum Gasteiger partial charge on any atom is 0.119 e. The minimum atomic E-state index is 0.825. The lowest BCUT2D eigenvalue weighted by Crippen LogP contribution is -2.46. The van der Waals surface area contributed by atoms with Crippen molar-refractivity contribution in [2.45, 2.75) is 142 Å². The first-order chi connectivity index (χ1) is 19.3. The zero-order valence-corrected chi connectivity index (χ0v) is 26.0. The van der Waals surface area contributed by atoms with Crippen LogP contribution in [0.2, 0.25) is 0 Å². The lowest BCUT2D eigenvalue weighted by atomic mass is 10.0. The number of unbranched alkanes of at least 4 members (excludes halogenated alkanes) is 19. The van der Waals surface area contributed by atoms with Crippen LogP contribution in [0.1, 0.15) is 142 Å². The molecule has 0 atom stereocenters. The Kier molecular flexibility index (Phi) is 21.0. The van der Waals surface area contributed by atoms with Crippen molar-refractivity contribution in [3.05, 3.63) is 36.9 Å². The van der Waals surface area contributed by atoms with Gasteiger partial charge >= 0.3 is 0 Å². The third-order valence-corrected chi connectivity index (χ3v) is 8.47. The molecule has 1 aliphatic heterocycles. The van der Waals surface area contributed by atoms with Crippen LogP contribution in [0.15, 0.2) is 36.9 Å². The molecule has 3 nitrogen and oxygen atoms in total. The Labute approximate surface area is 243 Å². The van der Waals surface area contributed by atoms with Gasteiger partial charge in [0.1, 0.15) is 5.75 Å².